The molecular formula is C10H14ClNO. The number of halogens is 1. The normalized spacial score (nSPS) is 12.8. The van der Waals surface area contributed by atoms with E-state index >= 15 is 0 Å². The summed E-state index contributed by atoms with van der Waals surface area (Å²) in [6, 6.07) is 7.80. The van der Waals surface area contributed by atoms with Gasteiger partial charge in [0.25, 0.3) is 0 Å². The quantitative estimate of drug-likeness (QED) is 0.776. The molecule has 0 fully saturated rings. The molecule has 0 aliphatic rings. The Balaban J connectivity index is 2.50. The molecular weight excluding hydrogens is 186 g/mol. The molecule has 0 aromatic heterocycles. The maximum atomic E-state index is 8.79. The van der Waals surface area contributed by atoms with Gasteiger partial charge in [0, 0.05) is 17.6 Å². The Bertz CT molecular complexity index is 265. The molecule has 0 aliphatic carbocycles. The van der Waals surface area contributed by atoms with Crippen molar-refractivity contribution in [3.63, 3.8) is 0 Å². The van der Waals surface area contributed by atoms with Gasteiger partial charge in [-0.05, 0) is 18.6 Å². The van der Waals surface area contributed by atoms with Crippen molar-refractivity contribution < 1.29 is 5.11 Å². The van der Waals surface area contributed by atoms with Crippen LogP contribution in [0.15, 0.2) is 24.3 Å². The van der Waals surface area contributed by atoms with Crippen LogP contribution in [0.4, 0.5) is 0 Å². The van der Waals surface area contributed by atoms with Crippen molar-refractivity contribution in [1.29, 1.82) is 0 Å². The first-order valence-corrected chi connectivity index (χ1v) is 4.69. The molecule has 72 valence electrons. The third-order valence-electron chi connectivity index (χ3n) is 1.87. The van der Waals surface area contributed by atoms with E-state index in [1.807, 2.05) is 31.2 Å². The number of hydrogen-bond donors (Lipinski definition) is 2. The monoisotopic (exact) mass is 199 g/mol. The van der Waals surface area contributed by atoms with Gasteiger partial charge >= 0.3 is 0 Å². The highest BCUT2D eigenvalue weighted by molar-refractivity contribution is 6.31. The first kappa shape index (κ1) is 10.5. The van der Waals surface area contributed by atoms with Crippen molar-refractivity contribution in [3.8, 4) is 0 Å². The van der Waals surface area contributed by atoms with Crippen LogP contribution in [0.2, 0.25) is 5.02 Å². The molecule has 0 amide bonds. The van der Waals surface area contributed by atoms with Crippen molar-refractivity contribution >= 4 is 11.6 Å². The largest absolute Gasteiger partial charge is 0.395 e. The van der Waals surface area contributed by atoms with Crippen LogP contribution in [0.1, 0.15) is 12.5 Å². The van der Waals surface area contributed by atoms with Crippen molar-refractivity contribution in [2.45, 2.75) is 19.5 Å². The Hall–Kier alpha value is -0.570. The second kappa shape index (κ2) is 5.22. The van der Waals surface area contributed by atoms with Crippen LogP contribution in [-0.2, 0) is 6.54 Å². The second-order valence-corrected chi connectivity index (χ2v) is 3.46. The highest BCUT2D eigenvalue weighted by Crippen LogP contribution is 2.14. The van der Waals surface area contributed by atoms with Gasteiger partial charge in [-0.25, -0.2) is 0 Å². The van der Waals surface area contributed by atoms with Gasteiger partial charge in [-0.15, -0.1) is 0 Å². The van der Waals surface area contributed by atoms with E-state index in [1.165, 1.54) is 0 Å². The van der Waals surface area contributed by atoms with E-state index in [0.717, 1.165) is 10.6 Å². The van der Waals surface area contributed by atoms with Crippen LogP contribution in [0.25, 0.3) is 0 Å². The minimum Gasteiger partial charge on any atom is -0.395 e. The third-order valence-corrected chi connectivity index (χ3v) is 2.24. The maximum absolute atomic E-state index is 8.79. The van der Waals surface area contributed by atoms with Crippen molar-refractivity contribution in [3.05, 3.63) is 34.9 Å². The van der Waals surface area contributed by atoms with E-state index in [1.54, 1.807) is 0 Å². The molecule has 13 heavy (non-hydrogen) atoms. The lowest BCUT2D eigenvalue weighted by atomic mass is 10.2. The lowest BCUT2D eigenvalue weighted by Gasteiger charge is -2.11. The summed E-state index contributed by atoms with van der Waals surface area (Å²) in [4.78, 5) is 0. The molecule has 0 radical (unpaired) electrons. The average Bonchev–Trinajstić information content (AvgIpc) is 2.16. The van der Waals surface area contributed by atoms with Crippen molar-refractivity contribution in [2.75, 3.05) is 6.61 Å². The fourth-order valence-corrected chi connectivity index (χ4v) is 1.19. The SMILES string of the molecule is CC(CO)NCc1ccccc1Cl. The molecule has 1 aromatic carbocycles. The molecule has 1 unspecified atom stereocenters. The van der Waals surface area contributed by atoms with Crippen molar-refractivity contribution in [1.82, 2.24) is 5.32 Å². The summed E-state index contributed by atoms with van der Waals surface area (Å²) >= 11 is 5.95. The van der Waals surface area contributed by atoms with E-state index < -0.39 is 0 Å². The van der Waals surface area contributed by atoms with E-state index in [0.29, 0.717) is 6.54 Å². The molecule has 0 spiro atoms. The van der Waals surface area contributed by atoms with Gasteiger partial charge in [0.1, 0.15) is 0 Å². The number of rotatable bonds is 4. The second-order valence-electron chi connectivity index (χ2n) is 3.06. The molecule has 0 aliphatic heterocycles. The van der Waals surface area contributed by atoms with Crippen LogP contribution >= 0.6 is 11.6 Å². The molecule has 1 aromatic rings. The Labute approximate surface area is 83.5 Å². The van der Waals surface area contributed by atoms with Gasteiger partial charge in [0.15, 0.2) is 0 Å². The molecule has 0 bridgehead atoms. The predicted molar refractivity (Wildman–Crippen MR) is 54.8 cm³/mol. The van der Waals surface area contributed by atoms with Gasteiger partial charge in [-0.1, -0.05) is 29.8 Å². The summed E-state index contributed by atoms with van der Waals surface area (Å²) in [6.07, 6.45) is 0. The van der Waals surface area contributed by atoms with E-state index in [-0.39, 0.29) is 12.6 Å². The van der Waals surface area contributed by atoms with Crippen LogP contribution in [-0.4, -0.2) is 17.8 Å². The minimum absolute atomic E-state index is 0.108. The summed E-state index contributed by atoms with van der Waals surface area (Å²) in [7, 11) is 0. The van der Waals surface area contributed by atoms with Crippen molar-refractivity contribution in [2.24, 2.45) is 0 Å². The third kappa shape index (κ3) is 3.35. The van der Waals surface area contributed by atoms with E-state index in [2.05, 4.69) is 5.32 Å². The summed E-state index contributed by atoms with van der Waals surface area (Å²) in [5.74, 6) is 0. The number of hydrogen-bond acceptors (Lipinski definition) is 2. The summed E-state index contributed by atoms with van der Waals surface area (Å²) < 4.78 is 0. The highest BCUT2D eigenvalue weighted by Gasteiger charge is 2.01. The Morgan fingerprint density at radius 3 is 2.77 bits per heavy atom. The van der Waals surface area contributed by atoms with Crippen LogP contribution in [0.5, 0.6) is 0 Å². The zero-order chi connectivity index (χ0) is 9.68. The van der Waals surface area contributed by atoms with Gasteiger partial charge in [-0.3, -0.25) is 0 Å². The fourth-order valence-electron chi connectivity index (χ4n) is 0.990. The first-order chi connectivity index (χ1) is 6.24. The number of benzene rings is 1. The lowest BCUT2D eigenvalue weighted by Crippen LogP contribution is -2.28. The zero-order valence-corrected chi connectivity index (χ0v) is 8.38. The summed E-state index contributed by atoms with van der Waals surface area (Å²) in [5.41, 5.74) is 1.06. The molecule has 3 heteroatoms. The van der Waals surface area contributed by atoms with E-state index in [4.69, 9.17) is 16.7 Å². The highest BCUT2D eigenvalue weighted by atomic mass is 35.5. The van der Waals surface area contributed by atoms with Gasteiger partial charge in [0.05, 0.1) is 6.61 Å². The van der Waals surface area contributed by atoms with Crippen LogP contribution in [0.3, 0.4) is 0 Å². The Kier molecular flexibility index (Phi) is 4.22. The summed E-state index contributed by atoms with van der Waals surface area (Å²) in [5, 5.41) is 12.7. The van der Waals surface area contributed by atoms with Gasteiger partial charge < -0.3 is 10.4 Å². The lowest BCUT2D eigenvalue weighted by molar-refractivity contribution is 0.251. The molecule has 1 atom stereocenters. The summed E-state index contributed by atoms with van der Waals surface area (Å²) in [6.45, 7) is 2.77. The molecule has 0 saturated carbocycles. The Morgan fingerprint density at radius 1 is 1.46 bits per heavy atom. The number of aliphatic hydroxyl groups is 1. The topological polar surface area (TPSA) is 32.3 Å². The molecule has 2 N–H and O–H groups in total. The van der Waals surface area contributed by atoms with Gasteiger partial charge in [-0.2, -0.15) is 0 Å². The standard InChI is InChI=1S/C10H14ClNO/c1-8(7-13)12-6-9-4-2-3-5-10(9)11/h2-5,8,12-13H,6-7H2,1H3. The molecule has 0 heterocycles. The van der Waals surface area contributed by atoms with Crippen LogP contribution in [0, 0.1) is 0 Å². The number of aliphatic hydroxyl groups excluding tert-OH is 1. The number of nitrogens with one attached hydrogen (secondary N) is 1. The first-order valence-electron chi connectivity index (χ1n) is 4.31. The minimum atomic E-state index is 0.108. The Morgan fingerprint density at radius 2 is 2.15 bits per heavy atom. The van der Waals surface area contributed by atoms with Crippen LogP contribution < -0.4 is 5.32 Å². The molecule has 1 rings (SSSR count). The molecule has 2 nitrogen and oxygen atoms in total. The predicted octanol–water partition coefficient (Wildman–Crippen LogP) is 1.81. The van der Waals surface area contributed by atoms with Gasteiger partial charge in [0.2, 0.25) is 0 Å². The smallest absolute Gasteiger partial charge is 0.0582 e. The zero-order valence-electron chi connectivity index (χ0n) is 7.63. The fraction of sp³-hybridized carbons (Fsp3) is 0.400. The molecule has 0 saturated heterocycles. The van der Waals surface area contributed by atoms with E-state index in [9.17, 15) is 0 Å². The average molecular weight is 200 g/mol. The maximum Gasteiger partial charge on any atom is 0.0582 e.